The number of hydrogen-bond donors (Lipinski definition) is 1. The summed E-state index contributed by atoms with van der Waals surface area (Å²) in [6, 6.07) is 5.70. The van der Waals surface area contributed by atoms with Crippen molar-refractivity contribution in [1.29, 1.82) is 0 Å². The zero-order valence-electron chi connectivity index (χ0n) is 11.2. The van der Waals surface area contributed by atoms with Gasteiger partial charge in [-0.1, -0.05) is 18.2 Å². The zero-order chi connectivity index (χ0) is 14.0. The Balaban J connectivity index is 2.53. The van der Waals surface area contributed by atoms with Gasteiger partial charge in [0.1, 0.15) is 0 Å². The van der Waals surface area contributed by atoms with Gasteiger partial charge >= 0.3 is 0 Å². The summed E-state index contributed by atoms with van der Waals surface area (Å²) in [4.78, 5) is 4.34. The number of benzene rings is 1. The van der Waals surface area contributed by atoms with Crippen LogP contribution in [0.3, 0.4) is 0 Å². The first-order chi connectivity index (χ1) is 9.04. The van der Waals surface area contributed by atoms with Gasteiger partial charge in [0.15, 0.2) is 11.6 Å². The molecular formula is C15H16F2N2. The lowest BCUT2D eigenvalue weighted by molar-refractivity contribution is 0.485. The van der Waals surface area contributed by atoms with E-state index < -0.39 is 17.7 Å². The molecule has 1 atom stereocenters. The van der Waals surface area contributed by atoms with E-state index in [-0.39, 0.29) is 5.56 Å². The van der Waals surface area contributed by atoms with Crippen molar-refractivity contribution in [2.75, 3.05) is 7.05 Å². The second-order valence-electron chi connectivity index (χ2n) is 4.58. The third-order valence-electron chi connectivity index (χ3n) is 3.11. The molecule has 0 aliphatic rings. The van der Waals surface area contributed by atoms with Crippen molar-refractivity contribution in [2.24, 2.45) is 0 Å². The topological polar surface area (TPSA) is 24.9 Å². The number of nitrogens with zero attached hydrogens (tertiary/aromatic N) is 1. The van der Waals surface area contributed by atoms with Crippen molar-refractivity contribution in [3.63, 3.8) is 0 Å². The molecule has 0 saturated carbocycles. The molecular weight excluding hydrogens is 246 g/mol. The minimum Gasteiger partial charge on any atom is -0.308 e. The van der Waals surface area contributed by atoms with E-state index in [9.17, 15) is 8.78 Å². The molecule has 19 heavy (non-hydrogen) atoms. The van der Waals surface area contributed by atoms with Crippen LogP contribution in [0.1, 0.15) is 28.4 Å². The fourth-order valence-electron chi connectivity index (χ4n) is 2.21. The fourth-order valence-corrected chi connectivity index (χ4v) is 2.21. The van der Waals surface area contributed by atoms with Gasteiger partial charge in [-0.05, 0) is 38.1 Å². The summed E-state index contributed by atoms with van der Waals surface area (Å²) in [5.41, 5.74) is 2.96. The van der Waals surface area contributed by atoms with Gasteiger partial charge in [-0.15, -0.1) is 0 Å². The predicted molar refractivity (Wildman–Crippen MR) is 71.0 cm³/mol. The highest BCUT2D eigenvalue weighted by Crippen LogP contribution is 2.26. The van der Waals surface area contributed by atoms with Gasteiger partial charge in [0, 0.05) is 11.8 Å². The highest BCUT2D eigenvalue weighted by Gasteiger charge is 2.21. The number of pyridine rings is 1. The van der Waals surface area contributed by atoms with E-state index in [1.807, 2.05) is 19.9 Å². The van der Waals surface area contributed by atoms with Crippen LogP contribution in [0.15, 0.2) is 30.5 Å². The summed E-state index contributed by atoms with van der Waals surface area (Å²) in [6.07, 6.45) is 1.73. The first kappa shape index (κ1) is 13.6. The minimum absolute atomic E-state index is 0.266. The lowest BCUT2D eigenvalue weighted by atomic mass is 9.98. The van der Waals surface area contributed by atoms with Gasteiger partial charge in [0.2, 0.25) is 0 Å². The third kappa shape index (κ3) is 2.63. The standard InChI is InChI=1S/C15H16F2N2/c1-9-7-10(2)14(19-8-9)15(18-3)11-5-4-6-12(16)13(11)17/h4-8,15,18H,1-3H3. The molecule has 0 spiro atoms. The highest BCUT2D eigenvalue weighted by molar-refractivity contribution is 5.34. The summed E-state index contributed by atoms with van der Waals surface area (Å²) >= 11 is 0. The van der Waals surface area contributed by atoms with Crippen molar-refractivity contribution in [3.8, 4) is 0 Å². The molecule has 0 amide bonds. The molecule has 0 aliphatic carbocycles. The van der Waals surface area contributed by atoms with Gasteiger partial charge in [0.05, 0.1) is 11.7 Å². The van der Waals surface area contributed by atoms with Gasteiger partial charge < -0.3 is 5.32 Å². The Hall–Kier alpha value is -1.81. The molecule has 2 rings (SSSR count). The molecule has 1 aromatic carbocycles. The molecule has 0 bridgehead atoms. The van der Waals surface area contributed by atoms with Gasteiger partial charge in [-0.3, -0.25) is 4.98 Å². The Kier molecular flexibility index (Phi) is 3.90. The number of aromatic nitrogens is 1. The number of hydrogen-bond acceptors (Lipinski definition) is 2. The Bertz CT molecular complexity index is 597. The first-order valence-corrected chi connectivity index (χ1v) is 6.09. The SMILES string of the molecule is CNC(c1cccc(F)c1F)c1ncc(C)cc1C. The normalized spacial score (nSPS) is 12.5. The summed E-state index contributed by atoms with van der Waals surface area (Å²) in [5.74, 6) is -1.67. The molecule has 1 unspecified atom stereocenters. The largest absolute Gasteiger partial charge is 0.308 e. The molecule has 100 valence electrons. The molecule has 0 radical (unpaired) electrons. The van der Waals surface area contributed by atoms with Gasteiger partial charge in [0.25, 0.3) is 0 Å². The molecule has 1 heterocycles. The molecule has 1 N–H and O–H groups in total. The van der Waals surface area contributed by atoms with E-state index in [0.717, 1.165) is 17.2 Å². The monoisotopic (exact) mass is 262 g/mol. The number of nitrogens with one attached hydrogen (secondary N) is 1. The highest BCUT2D eigenvalue weighted by atomic mass is 19.2. The molecule has 1 aromatic heterocycles. The number of rotatable bonds is 3. The van der Waals surface area contributed by atoms with Gasteiger partial charge in [-0.25, -0.2) is 8.78 Å². The third-order valence-corrected chi connectivity index (χ3v) is 3.11. The summed E-state index contributed by atoms with van der Waals surface area (Å²) < 4.78 is 27.2. The molecule has 2 aromatic rings. The van der Waals surface area contributed by atoms with E-state index in [0.29, 0.717) is 5.69 Å². The van der Waals surface area contributed by atoms with Crippen LogP contribution in [0.25, 0.3) is 0 Å². The molecule has 0 saturated heterocycles. The van der Waals surface area contributed by atoms with Gasteiger partial charge in [-0.2, -0.15) is 0 Å². The van der Waals surface area contributed by atoms with Crippen molar-refractivity contribution >= 4 is 0 Å². The quantitative estimate of drug-likeness (QED) is 0.918. The molecule has 2 nitrogen and oxygen atoms in total. The van der Waals surface area contributed by atoms with Crippen LogP contribution in [0.2, 0.25) is 0 Å². The fraction of sp³-hybridized carbons (Fsp3) is 0.267. The second kappa shape index (κ2) is 5.45. The lowest BCUT2D eigenvalue weighted by Gasteiger charge is -2.19. The minimum atomic E-state index is -0.845. The van der Waals surface area contributed by atoms with Crippen molar-refractivity contribution in [2.45, 2.75) is 19.9 Å². The van der Waals surface area contributed by atoms with E-state index in [2.05, 4.69) is 10.3 Å². The lowest BCUT2D eigenvalue weighted by Crippen LogP contribution is -2.21. The maximum Gasteiger partial charge on any atom is 0.163 e. The van der Waals surface area contributed by atoms with Crippen molar-refractivity contribution in [1.82, 2.24) is 10.3 Å². The van der Waals surface area contributed by atoms with E-state index in [1.54, 1.807) is 19.3 Å². The van der Waals surface area contributed by atoms with Crippen molar-refractivity contribution in [3.05, 3.63) is 64.5 Å². The number of aryl methyl sites for hydroxylation is 2. The van der Waals surface area contributed by atoms with Crippen LogP contribution in [0.5, 0.6) is 0 Å². The van der Waals surface area contributed by atoms with Crippen LogP contribution < -0.4 is 5.32 Å². The maximum absolute atomic E-state index is 13.9. The Labute approximate surface area is 111 Å². The van der Waals surface area contributed by atoms with Crippen molar-refractivity contribution < 1.29 is 8.78 Å². The molecule has 0 aliphatic heterocycles. The summed E-state index contributed by atoms with van der Waals surface area (Å²) in [7, 11) is 1.70. The zero-order valence-corrected chi connectivity index (χ0v) is 11.2. The van der Waals surface area contributed by atoms with E-state index in [4.69, 9.17) is 0 Å². The Morgan fingerprint density at radius 1 is 1.21 bits per heavy atom. The van der Waals surface area contributed by atoms with E-state index in [1.165, 1.54) is 6.07 Å². The molecule has 0 fully saturated rings. The Morgan fingerprint density at radius 2 is 1.95 bits per heavy atom. The predicted octanol–water partition coefficient (Wildman–Crippen LogP) is 3.29. The van der Waals surface area contributed by atoms with Crippen LogP contribution in [0, 0.1) is 25.5 Å². The average molecular weight is 262 g/mol. The van der Waals surface area contributed by atoms with Crippen LogP contribution in [-0.2, 0) is 0 Å². The summed E-state index contributed by atoms with van der Waals surface area (Å²) in [6.45, 7) is 3.86. The van der Waals surface area contributed by atoms with E-state index >= 15 is 0 Å². The maximum atomic E-state index is 13.9. The first-order valence-electron chi connectivity index (χ1n) is 6.09. The smallest absolute Gasteiger partial charge is 0.163 e. The van der Waals surface area contributed by atoms with Crippen LogP contribution >= 0.6 is 0 Å². The average Bonchev–Trinajstić information content (AvgIpc) is 2.37. The Morgan fingerprint density at radius 3 is 2.58 bits per heavy atom. The molecule has 4 heteroatoms. The summed E-state index contributed by atoms with van der Waals surface area (Å²) in [5, 5.41) is 2.99. The van der Waals surface area contributed by atoms with Crippen LogP contribution in [0.4, 0.5) is 8.78 Å². The number of halogens is 2. The van der Waals surface area contributed by atoms with Crippen LogP contribution in [-0.4, -0.2) is 12.0 Å². The second-order valence-corrected chi connectivity index (χ2v) is 4.58.